The SMILES string of the molecule is CNCCc1nnc(Cc2c(F)cccc2Cl)o1. The third-order valence-electron chi connectivity index (χ3n) is 2.49. The molecule has 0 saturated heterocycles. The fourth-order valence-corrected chi connectivity index (χ4v) is 1.78. The molecule has 96 valence electrons. The molecule has 0 aliphatic rings. The molecular formula is C12H13ClFN3O. The first-order chi connectivity index (χ1) is 8.70. The van der Waals surface area contributed by atoms with Gasteiger partial charge in [0.15, 0.2) is 0 Å². The van der Waals surface area contributed by atoms with Gasteiger partial charge >= 0.3 is 0 Å². The Morgan fingerprint density at radius 1 is 1.33 bits per heavy atom. The molecule has 0 unspecified atom stereocenters. The Labute approximate surface area is 109 Å². The molecule has 0 bridgehead atoms. The van der Waals surface area contributed by atoms with Gasteiger partial charge in [-0.3, -0.25) is 0 Å². The first kappa shape index (κ1) is 13.0. The monoisotopic (exact) mass is 269 g/mol. The molecule has 0 aliphatic heterocycles. The van der Waals surface area contributed by atoms with E-state index in [1.165, 1.54) is 6.07 Å². The first-order valence-electron chi connectivity index (χ1n) is 5.59. The number of nitrogens with one attached hydrogen (secondary N) is 1. The minimum atomic E-state index is -0.363. The molecule has 0 amide bonds. The van der Waals surface area contributed by atoms with E-state index in [1.54, 1.807) is 12.1 Å². The molecule has 18 heavy (non-hydrogen) atoms. The molecule has 0 fully saturated rings. The molecule has 2 aromatic rings. The van der Waals surface area contributed by atoms with Crippen LogP contribution in [0, 0.1) is 5.82 Å². The average Bonchev–Trinajstić information content (AvgIpc) is 2.79. The number of benzene rings is 1. The number of hydrogen-bond acceptors (Lipinski definition) is 4. The second-order valence-corrected chi connectivity index (χ2v) is 4.23. The van der Waals surface area contributed by atoms with Crippen LogP contribution >= 0.6 is 11.6 Å². The average molecular weight is 270 g/mol. The van der Waals surface area contributed by atoms with Crippen molar-refractivity contribution in [1.29, 1.82) is 0 Å². The van der Waals surface area contributed by atoms with E-state index in [0.717, 1.165) is 6.54 Å². The highest BCUT2D eigenvalue weighted by molar-refractivity contribution is 6.31. The zero-order valence-corrected chi connectivity index (χ0v) is 10.7. The molecule has 4 nitrogen and oxygen atoms in total. The van der Waals surface area contributed by atoms with Gasteiger partial charge in [0.05, 0.1) is 6.42 Å². The zero-order chi connectivity index (χ0) is 13.0. The Hall–Kier alpha value is -1.46. The number of rotatable bonds is 5. The van der Waals surface area contributed by atoms with Gasteiger partial charge in [0.1, 0.15) is 5.82 Å². The van der Waals surface area contributed by atoms with Gasteiger partial charge in [0, 0.05) is 23.6 Å². The van der Waals surface area contributed by atoms with E-state index in [4.69, 9.17) is 16.0 Å². The van der Waals surface area contributed by atoms with Crippen LogP contribution < -0.4 is 5.32 Å². The lowest BCUT2D eigenvalue weighted by Gasteiger charge is -2.02. The molecule has 0 atom stereocenters. The molecule has 1 aromatic carbocycles. The summed E-state index contributed by atoms with van der Waals surface area (Å²) in [7, 11) is 1.84. The van der Waals surface area contributed by atoms with E-state index < -0.39 is 0 Å². The first-order valence-corrected chi connectivity index (χ1v) is 5.97. The predicted molar refractivity (Wildman–Crippen MR) is 66.1 cm³/mol. The molecule has 6 heteroatoms. The Balaban J connectivity index is 2.11. The molecule has 1 heterocycles. The topological polar surface area (TPSA) is 51.0 Å². The van der Waals surface area contributed by atoms with Gasteiger partial charge < -0.3 is 9.73 Å². The second kappa shape index (κ2) is 5.93. The van der Waals surface area contributed by atoms with Crippen LogP contribution in [0.4, 0.5) is 4.39 Å². The minimum absolute atomic E-state index is 0.206. The summed E-state index contributed by atoms with van der Waals surface area (Å²) in [5.41, 5.74) is 0.378. The number of aromatic nitrogens is 2. The van der Waals surface area contributed by atoms with Crippen LogP contribution in [-0.4, -0.2) is 23.8 Å². The molecule has 1 aromatic heterocycles. The Morgan fingerprint density at radius 3 is 2.83 bits per heavy atom. The molecule has 0 aliphatic carbocycles. The Kier molecular flexibility index (Phi) is 4.28. The molecule has 0 saturated carbocycles. The van der Waals surface area contributed by atoms with Crippen molar-refractivity contribution in [3.63, 3.8) is 0 Å². The quantitative estimate of drug-likeness (QED) is 0.904. The summed E-state index contributed by atoms with van der Waals surface area (Å²) in [4.78, 5) is 0. The number of nitrogens with zero attached hydrogens (tertiary/aromatic N) is 2. The highest BCUT2D eigenvalue weighted by atomic mass is 35.5. The van der Waals surface area contributed by atoms with E-state index in [-0.39, 0.29) is 12.2 Å². The number of halogens is 2. The summed E-state index contributed by atoms with van der Waals surface area (Å²) >= 11 is 5.93. The van der Waals surface area contributed by atoms with Crippen molar-refractivity contribution in [1.82, 2.24) is 15.5 Å². The van der Waals surface area contributed by atoms with Crippen molar-refractivity contribution in [3.05, 3.63) is 46.4 Å². The van der Waals surface area contributed by atoms with Gasteiger partial charge in [-0.25, -0.2) is 4.39 Å². The molecule has 0 spiro atoms. The van der Waals surface area contributed by atoms with Crippen molar-refractivity contribution in [2.75, 3.05) is 13.6 Å². The highest BCUT2D eigenvalue weighted by Gasteiger charge is 2.12. The van der Waals surface area contributed by atoms with Gasteiger partial charge in [0.25, 0.3) is 0 Å². The van der Waals surface area contributed by atoms with E-state index in [9.17, 15) is 4.39 Å². The van der Waals surface area contributed by atoms with Gasteiger partial charge in [-0.15, -0.1) is 10.2 Å². The second-order valence-electron chi connectivity index (χ2n) is 3.82. The summed E-state index contributed by atoms with van der Waals surface area (Å²) < 4.78 is 19.0. The maximum Gasteiger partial charge on any atom is 0.221 e. The normalized spacial score (nSPS) is 10.8. The van der Waals surface area contributed by atoms with Gasteiger partial charge in [-0.2, -0.15) is 0 Å². The zero-order valence-electron chi connectivity index (χ0n) is 9.91. The number of likely N-dealkylation sites (N-methyl/N-ethyl adjacent to an activating group) is 1. The number of hydrogen-bond donors (Lipinski definition) is 1. The Bertz CT molecular complexity index is 510. The lowest BCUT2D eigenvalue weighted by atomic mass is 10.1. The van der Waals surface area contributed by atoms with E-state index in [1.807, 2.05) is 7.05 Å². The fraction of sp³-hybridized carbons (Fsp3) is 0.333. The molecule has 1 N–H and O–H groups in total. The van der Waals surface area contributed by atoms with Crippen molar-refractivity contribution in [2.24, 2.45) is 0 Å². The van der Waals surface area contributed by atoms with Crippen molar-refractivity contribution < 1.29 is 8.81 Å². The van der Waals surface area contributed by atoms with Gasteiger partial charge in [-0.1, -0.05) is 17.7 Å². The predicted octanol–water partition coefficient (Wildman–Crippen LogP) is 2.21. The third kappa shape index (κ3) is 3.05. The van der Waals surface area contributed by atoms with Crippen molar-refractivity contribution in [2.45, 2.75) is 12.8 Å². The summed E-state index contributed by atoms with van der Waals surface area (Å²) in [5.74, 6) is 0.539. The fourth-order valence-electron chi connectivity index (χ4n) is 1.55. The van der Waals surface area contributed by atoms with E-state index in [0.29, 0.717) is 28.8 Å². The third-order valence-corrected chi connectivity index (χ3v) is 2.84. The highest BCUT2D eigenvalue weighted by Crippen LogP contribution is 2.21. The van der Waals surface area contributed by atoms with E-state index >= 15 is 0 Å². The van der Waals surface area contributed by atoms with Crippen molar-refractivity contribution in [3.8, 4) is 0 Å². The van der Waals surface area contributed by atoms with Crippen LogP contribution in [0.25, 0.3) is 0 Å². The molecular weight excluding hydrogens is 257 g/mol. The smallest absolute Gasteiger partial charge is 0.221 e. The van der Waals surface area contributed by atoms with Crippen LogP contribution in [0.15, 0.2) is 22.6 Å². The summed E-state index contributed by atoms with van der Waals surface area (Å²) in [5, 5.41) is 11.1. The lowest BCUT2D eigenvalue weighted by molar-refractivity contribution is 0.451. The van der Waals surface area contributed by atoms with Crippen LogP contribution in [-0.2, 0) is 12.8 Å². The summed E-state index contributed by atoms with van der Waals surface area (Å²) in [6.07, 6.45) is 0.854. The summed E-state index contributed by atoms with van der Waals surface area (Å²) in [6.45, 7) is 0.752. The maximum atomic E-state index is 13.6. The van der Waals surface area contributed by atoms with Crippen LogP contribution in [0.1, 0.15) is 17.3 Å². The summed E-state index contributed by atoms with van der Waals surface area (Å²) in [6, 6.07) is 4.56. The van der Waals surface area contributed by atoms with Crippen molar-refractivity contribution >= 4 is 11.6 Å². The largest absolute Gasteiger partial charge is 0.425 e. The minimum Gasteiger partial charge on any atom is -0.425 e. The van der Waals surface area contributed by atoms with Gasteiger partial charge in [-0.05, 0) is 19.2 Å². The maximum absolute atomic E-state index is 13.6. The molecule has 0 radical (unpaired) electrons. The standard InChI is InChI=1S/C12H13ClFN3O/c1-15-6-5-11-16-17-12(18-11)7-8-9(13)3-2-4-10(8)14/h2-4,15H,5-7H2,1H3. The molecule has 2 rings (SSSR count). The van der Waals surface area contributed by atoms with E-state index in [2.05, 4.69) is 15.5 Å². The van der Waals surface area contributed by atoms with Crippen LogP contribution in [0.2, 0.25) is 5.02 Å². The Morgan fingerprint density at radius 2 is 2.11 bits per heavy atom. The van der Waals surface area contributed by atoms with Crippen LogP contribution in [0.5, 0.6) is 0 Å². The van der Waals surface area contributed by atoms with Gasteiger partial charge in [0.2, 0.25) is 11.8 Å². The van der Waals surface area contributed by atoms with Crippen LogP contribution in [0.3, 0.4) is 0 Å². The lowest BCUT2D eigenvalue weighted by Crippen LogP contribution is -2.10.